The Balaban J connectivity index is 1.51. The molecule has 7 heteroatoms. The molecule has 2 heterocycles. The Hall–Kier alpha value is -3.12. The van der Waals surface area contributed by atoms with Crippen molar-refractivity contribution in [1.29, 1.82) is 0 Å². The first-order valence-corrected chi connectivity index (χ1v) is 8.46. The maximum absolute atomic E-state index is 12.5. The summed E-state index contributed by atoms with van der Waals surface area (Å²) >= 11 is 5.98. The van der Waals surface area contributed by atoms with Gasteiger partial charge in [0.05, 0.1) is 17.1 Å². The van der Waals surface area contributed by atoms with Crippen molar-refractivity contribution in [3.05, 3.63) is 71.1 Å². The van der Waals surface area contributed by atoms with Gasteiger partial charge in [0.25, 0.3) is 5.91 Å². The van der Waals surface area contributed by atoms with Gasteiger partial charge in [-0.2, -0.15) is 0 Å². The van der Waals surface area contributed by atoms with Crippen molar-refractivity contribution in [2.75, 3.05) is 0 Å². The van der Waals surface area contributed by atoms with Gasteiger partial charge in [-0.05, 0) is 31.2 Å². The number of benzene rings is 2. The van der Waals surface area contributed by atoms with Crippen molar-refractivity contribution >= 4 is 28.5 Å². The van der Waals surface area contributed by atoms with Crippen molar-refractivity contribution in [3.63, 3.8) is 0 Å². The van der Waals surface area contributed by atoms with Crippen LogP contribution >= 0.6 is 11.6 Å². The highest BCUT2D eigenvalue weighted by Crippen LogP contribution is 2.23. The van der Waals surface area contributed by atoms with Crippen LogP contribution in [0.25, 0.3) is 22.4 Å². The first-order chi connectivity index (χ1) is 12.6. The third-order valence-corrected chi connectivity index (χ3v) is 4.25. The van der Waals surface area contributed by atoms with Crippen LogP contribution in [0.1, 0.15) is 29.3 Å². The number of para-hydroxylation sites is 2. The molecule has 0 fully saturated rings. The molecule has 0 saturated heterocycles. The molecule has 2 N–H and O–H groups in total. The molecule has 1 atom stereocenters. The number of imidazole rings is 1. The first-order valence-electron chi connectivity index (χ1n) is 8.08. The zero-order chi connectivity index (χ0) is 18.1. The van der Waals surface area contributed by atoms with Crippen LogP contribution in [0.3, 0.4) is 0 Å². The normalized spacial score (nSPS) is 12.2. The van der Waals surface area contributed by atoms with E-state index in [1.165, 1.54) is 0 Å². The van der Waals surface area contributed by atoms with E-state index in [1.807, 2.05) is 43.3 Å². The molecule has 0 saturated carbocycles. The second-order valence-corrected chi connectivity index (χ2v) is 6.36. The second-order valence-electron chi connectivity index (χ2n) is 5.92. The van der Waals surface area contributed by atoms with Crippen molar-refractivity contribution in [1.82, 2.24) is 20.4 Å². The van der Waals surface area contributed by atoms with Gasteiger partial charge < -0.3 is 14.8 Å². The fourth-order valence-electron chi connectivity index (χ4n) is 2.68. The van der Waals surface area contributed by atoms with Crippen molar-refractivity contribution in [3.8, 4) is 11.3 Å². The van der Waals surface area contributed by atoms with E-state index < -0.39 is 0 Å². The molecule has 2 aromatic carbocycles. The molecule has 6 nitrogen and oxygen atoms in total. The summed E-state index contributed by atoms with van der Waals surface area (Å²) in [6, 6.07) is 16.2. The highest BCUT2D eigenvalue weighted by Gasteiger charge is 2.18. The summed E-state index contributed by atoms with van der Waals surface area (Å²) in [7, 11) is 0. The Bertz CT molecular complexity index is 1050. The number of aromatic amines is 1. The van der Waals surface area contributed by atoms with Crippen molar-refractivity contribution in [2.45, 2.75) is 13.0 Å². The summed E-state index contributed by atoms with van der Waals surface area (Å²) in [6.45, 7) is 1.85. The summed E-state index contributed by atoms with van der Waals surface area (Å²) in [5, 5.41) is 7.31. The van der Waals surface area contributed by atoms with E-state index in [-0.39, 0.29) is 17.6 Å². The molecular formula is C19H15ClN4O2. The third kappa shape index (κ3) is 3.19. The Kier molecular flexibility index (Phi) is 4.18. The van der Waals surface area contributed by atoms with E-state index in [0.717, 1.165) is 16.6 Å². The number of fused-ring (bicyclic) bond motifs is 1. The molecule has 1 amide bonds. The molecule has 0 radical (unpaired) electrons. The Morgan fingerprint density at radius 3 is 2.85 bits per heavy atom. The smallest absolute Gasteiger partial charge is 0.274 e. The summed E-state index contributed by atoms with van der Waals surface area (Å²) in [5.74, 6) is 0.821. The fraction of sp³-hybridized carbons (Fsp3) is 0.105. The average Bonchev–Trinajstić information content (AvgIpc) is 3.29. The maximum atomic E-state index is 12.5. The lowest BCUT2D eigenvalue weighted by molar-refractivity contribution is 0.0929. The molecule has 0 aliphatic rings. The monoisotopic (exact) mass is 366 g/mol. The number of aromatic nitrogens is 3. The quantitative estimate of drug-likeness (QED) is 0.562. The van der Waals surface area contributed by atoms with E-state index >= 15 is 0 Å². The predicted molar refractivity (Wildman–Crippen MR) is 98.9 cm³/mol. The standard InChI is InChI=1S/C19H15ClN4O2/c1-11(18-22-14-7-2-3-8-15(14)23-18)21-19(25)16-10-17(26-24-16)12-5-4-6-13(20)9-12/h2-11H,1H3,(H,21,25)(H,22,23)/t11-/m0/s1. The number of carbonyl (C=O) groups is 1. The number of carbonyl (C=O) groups excluding carboxylic acids is 1. The van der Waals surface area contributed by atoms with E-state index in [0.29, 0.717) is 16.6 Å². The van der Waals surface area contributed by atoms with Crippen LogP contribution in [0.15, 0.2) is 59.1 Å². The molecule has 0 aliphatic carbocycles. The van der Waals surface area contributed by atoms with Gasteiger partial charge in [-0.3, -0.25) is 4.79 Å². The van der Waals surface area contributed by atoms with Crippen molar-refractivity contribution in [2.24, 2.45) is 0 Å². The fourth-order valence-corrected chi connectivity index (χ4v) is 2.87. The van der Waals surface area contributed by atoms with Crippen LogP contribution in [0.2, 0.25) is 5.02 Å². The van der Waals surface area contributed by atoms with E-state index in [9.17, 15) is 4.79 Å². The minimum Gasteiger partial charge on any atom is -0.355 e. The predicted octanol–water partition coefficient (Wildman–Crippen LogP) is 4.36. The number of hydrogen-bond acceptors (Lipinski definition) is 4. The number of hydrogen-bond donors (Lipinski definition) is 2. The molecule has 4 rings (SSSR count). The molecule has 26 heavy (non-hydrogen) atoms. The largest absolute Gasteiger partial charge is 0.355 e. The Morgan fingerprint density at radius 1 is 1.19 bits per heavy atom. The van der Waals surface area contributed by atoms with Crippen LogP contribution < -0.4 is 5.32 Å². The summed E-state index contributed by atoms with van der Waals surface area (Å²) in [6.07, 6.45) is 0. The van der Waals surface area contributed by atoms with Crippen LogP contribution in [-0.4, -0.2) is 21.0 Å². The topological polar surface area (TPSA) is 83.8 Å². The Labute approximate surface area is 154 Å². The zero-order valence-electron chi connectivity index (χ0n) is 13.9. The van der Waals surface area contributed by atoms with Crippen LogP contribution in [0.5, 0.6) is 0 Å². The lowest BCUT2D eigenvalue weighted by Gasteiger charge is -2.09. The molecule has 130 valence electrons. The molecule has 0 aliphatic heterocycles. The second kappa shape index (κ2) is 6.65. The SMILES string of the molecule is C[C@H](NC(=O)c1cc(-c2cccc(Cl)c2)on1)c1nc2ccccc2[nH]1. The average molecular weight is 367 g/mol. The molecule has 0 spiro atoms. The minimum absolute atomic E-state index is 0.197. The summed E-state index contributed by atoms with van der Waals surface area (Å²) in [4.78, 5) is 20.2. The number of nitrogens with zero attached hydrogens (tertiary/aromatic N) is 2. The van der Waals surface area contributed by atoms with E-state index in [4.69, 9.17) is 16.1 Å². The van der Waals surface area contributed by atoms with E-state index in [2.05, 4.69) is 20.4 Å². The third-order valence-electron chi connectivity index (χ3n) is 4.02. The van der Waals surface area contributed by atoms with Gasteiger partial charge in [-0.25, -0.2) is 4.98 Å². The van der Waals surface area contributed by atoms with Crippen molar-refractivity contribution < 1.29 is 9.32 Å². The van der Waals surface area contributed by atoms with Gasteiger partial charge in [0.1, 0.15) is 5.82 Å². The Morgan fingerprint density at radius 2 is 2.04 bits per heavy atom. The molecule has 0 unspecified atom stereocenters. The number of H-pyrrole nitrogens is 1. The summed E-state index contributed by atoms with van der Waals surface area (Å²) < 4.78 is 5.27. The number of halogens is 1. The summed E-state index contributed by atoms with van der Waals surface area (Å²) in [5.41, 5.74) is 2.74. The number of amides is 1. The van der Waals surface area contributed by atoms with Gasteiger partial charge >= 0.3 is 0 Å². The highest BCUT2D eigenvalue weighted by molar-refractivity contribution is 6.30. The van der Waals surface area contributed by atoms with Gasteiger partial charge in [-0.1, -0.05) is 41.0 Å². The molecule has 2 aromatic heterocycles. The van der Waals surface area contributed by atoms with Gasteiger partial charge in [0.15, 0.2) is 11.5 Å². The zero-order valence-corrected chi connectivity index (χ0v) is 14.6. The van der Waals surface area contributed by atoms with E-state index in [1.54, 1.807) is 18.2 Å². The molecular weight excluding hydrogens is 352 g/mol. The first kappa shape index (κ1) is 16.4. The molecule has 0 bridgehead atoms. The molecule has 4 aromatic rings. The minimum atomic E-state index is -0.338. The number of nitrogens with one attached hydrogen (secondary N) is 2. The highest BCUT2D eigenvalue weighted by atomic mass is 35.5. The lowest BCUT2D eigenvalue weighted by Crippen LogP contribution is -2.27. The lowest BCUT2D eigenvalue weighted by atomic mass is 10.1. The number of rotatable bonds is 4. The van der Waals surface area contributed by atoms with Gasteiger partial charge in [0, 0.05) is 16.7 Å². The van der Waals surface area contributed by atoms with Gasteiger partial charge in [-0.15, -0.1) is 0 Å². The van der Waals surface area contributed by atoms with Crippen LogP contribution in [-0.2, 0) is 0 Å². The maximum Gasteiger partial charge on any atom is 0.274 e. The van der Waals surface area contributed by atoms with Gasteiger partial charge in [0.2, 0.25) is 0 Å². The van der Waals surface area contributed by atoms with Crippen LogP contribution in [0.4, 0.5) is 0 Å². The van der Waals surface area contributed by atoms with Crippen LogP contribution in [0, 0.1) is 0 Å².